The summed E-state index contributed by atoms with van der Waals surface area (Å²) in [6, 6.07) is 32.1. The number of allylic oxidation sites excluding steroid dienone is 2. The molecule has 0 unspecified atom stereocenters. The molecule has 0 aromatic heterocycles. The fourth-order valence-corrected chi connectivity index (χ4v) is 9.97. The summed E-state index contributed by atoms with van der Waals surface area (Å²) in [5.74, 6) is -3.12. The molecule has 0 saturated heterocycles. The van der Waals surface area contributed by atoms with E-state index in [4.69, 9.17) is 11.2 Å². The zero-order valence-corrected chi connectivity index (χ0v) is 19.9. The molecule has 146 valence electrons. The van der Waals surface area contributed by atoms with Gasteiger partial charge < -0.3 is 0 Å². The average molecular weight is 521 g/mol. The fraction of sp³-hybridized carbons (Fsp3) is 0.200. The summed E-state index contributed by atoms with van der Waals surface area (Å²) in [5, 5.41) is 3.68. The van der Waals surface area contributed by atoms with Gasteiger partial charge in [0, 0.05) is 0 Å². The van der Waals surface area contributed by atoms with Crippen LogP contribution in [0, 0.1) is 0 Å². The van der Waals surface area contributed by atoms with Gasteiger partial charge in [-0.15, -0.1) is 0 Å². The van der Waals surface area contributed by atoms with Gasteiger partial charge in [-0.25, -0.2) is 0 Å². The van der Waals surface area contributed by atoms with Gasteiger partial charge in [-0.2, -0.15) is 0 Å². The Morgan fingerprint density at radius 1 is 0.643 bits per heavy atom. The minimum atomic E-state index is -3.12. The molecule has 0 heterocycles. The summed E-state index contributed by atoms with van der Waals surface area (Å²) in [6.07, 6.45) is 9.10. The Hall–Kier alpha value is -1.15. The van der Waals surface area contributed by atoms with E-state index in [0.717, 1.165) is 12.6 Å². The second kappa shape index (κ2) is 10.1. The first-order chi connectivity index (χ1) is 13.7. The van der Waals surface area contributed by atoms with E-state index in [1.165, 1.54) is 33.2 Å². The molecule has 0 atom stereocenters. The fourth-order valence-electron chi connectivity index (χ4n) is 3.73. The van der Waals surface area contributed by atoms with E-state index in [0.29, 0.717) is 0 Å². The number of unbranched alkanes of at least 4 members (excludes halogenated alkanes) is 2. The topological polar surface area (TPSA) is 0 Å². The van der Waals surface area contributed by atoms with E-state index in [1.54, 1.807) is 0 Å². The number of benzene rings is 3. The van der Waals surface area contributed by atoms with E-state index in [-0.39, 0.29) is 0 Å². The third kappa shape index (κ3) is 4.37. The molecule has 3 aromatic carbocycles. The van der Waals surface area contributed by atoms with E-state index in [9.17, 15) is 0 Å². The SMILES string of the molecule is ClP(CC=CCCCCI)(c1ccccc1)(c1ccccc1)c1ccccc1. The Balaban J connectivity index is 2.16. The molecule has 0 N–H and O–H groups in total. The molecule has 0 nitrogen and oxygen atoms in total. The molecule has 0 bridgehead atoms. The summed E-state index contributed by atoms with van der Waals surface area (Å²) in [7, 11) is 0. The van der Waals surface area contributed by atoms with Gasteiger partial charge in [-0.3, -0.25) is 0 Å². The van der Waals surface area contributed by atoms with Gasteiger partial charge in [0.1, 0.15) is 0 Å². The molecule has 0 aliphatic rings. The summed E-state index contributed by atoms with van der Waals surface area (Å²) < 4.78 is 1.22. The van der Waals surface area contributed by atoms with Gasteiger partial charge in [0.15, 0.2) is 0 Å². The van der Waals surface area contributed by atoms with E-state index in [2.05, 4.69) is 126 Å². The van der Waals surface area contributed by atoms with E-state index >= 15 is 0 Å². The standard InChI is InChI=1S/C25H27ClIP/c26-28(23-15-7-4-8-16-23,24-17-9-5-10-18-24,25-19-11-6-12-20-25)22-14-3-1-2-13-21-27/h3-12,14-20H,1-2,13,21-22H2. The number of hydrogen-bond acceptors (Lipinski definition) is 0. The van der Waals surface area contributed by atoms with Crippen LogP contribution in [0.5, 0.6) is 0 Å². The van der Waals surface area contributed by atoms with Crippen molar-refractivity contribution in [2.24, 2.45) is 0 Å². The summed E-state index contributed by atoms with van der Waals surface area (Å²) >= 11 is 10.4. The molecule has 0 spiro atoms. The van der Waals surface area contributed by atoms with Crippen LogP contribution in [0.4, 0.5) is 0 Å². The number of hydrogen-bond donors (Lipinski definition) is 0. The predicted molar refractivity (Wildman–Crippen MR) is 138 cm³/mol. The van der Waals surface area contributed by atoms with Crippen molar-refractivity contribution < 1.29 is 0 Å². The molecule has 3 rings (SSSR count). The third-order valence-corrected chi connectivity index (χ3v) is 13.2. The van der Waals surface area contributed by atoms with Gasteiger partial charge in [0.2, 0.25) is 0 Å². The molecule has 3 heteroatoms. The summed E-state index contributed by atoms with van der Waals surface area (Å²) in [6.45, 7) is 0. The first-order valence-corrected chi connectivity index (χ1v) is 14.7. The van der Waals surface area contributed by atoms with Gasteiger partial charge in [0.05, 0.1) is 0 Å². The van der Waals surface area contributed by atoms with Crippen LogP contribution in [-0.4, -0.2) is 10.6 Å². The van der Waals surface area contributed by atoms with Gasteiger partial charge >= 0.3 is 189 Å². The van der Waals surface area contributed by atoms with Crippen LogP contribution in [0.3, 0.4) is 0 Å². The van der Waals surface area contributed by atoms with Crippen LogP contribution in [0.1, 0.15) is 19.3 Å². The normalized spacial score (nSPS) is 13.3. The van der Waals surface area contributed by atoms with Crippen molar-refractivity contribution in [3.05, 3.63) is 103 Å². The van der Waals surface area contributed by atoms with Crippen LogP contribution >= 0.6 is 39.8 Å². The average Bonchev–Trinajstić information content (AvgIpc) is 2.78. The van der Waals surface area contributed by atoms with Crippen molar-refractivity contribution >= 4 is 55.7 Å². The summed E-state index contributed by atoms with van der Waals surface area (Å²) in [4.78, 5) is 0. The maximum absolute atomic E-state index is 7.99. The van der Waals surface area contributed by atoms with Crippen LogP contribution in [0.2, 0.25) is 0 Å². The maximum atomic E-state index is 7.99. The molecular formula is C25H27ClIP. The molecule has 0 saturated carbocycles. The monoisotopic (exact) mass is 520 g/mol. The Morgan fingerprint density at radius 2 is 1.07 bits per heavy atom. The molecule has 0 amide bonds. The second-order valence-electron chi connectivity index (χ2n) is 7.03. The van der Waals surface area contributed by atoms with Crippen molar-refractivity contribution in [2.75, 3.05) is 10.6 Å². The van der Waals surface area contributed by atoms with Crippen LogP contribution < -0.4 is 15.9 Å². The molecule has 0 aliphatic heterocycles. The van der Waals surface area contributed by atoms with Crippen molar-refractivity contribution in [2.45, 2.75) is 19.3 Å². The zero-order valence-electron chi connectivity index (χ0n) is 16.1. The second-order valence-corrected chi connectivity index (χ2v) is 14.6. The summed E-state index contributed by atoms with van der Waals surface area (Å²) in [5.41, 5.74) is 0. The molecule has 0 fully saturated rings. The van der Waals surface area contributed by atoms with Crippen LogP contribution in [0.15, 0.2) is 103 Å². The van der Waals surface area contributed by atoms with Gasteiger partial charge in [0.25, 0.3) is 0 Å². The van der Waals surface area contributed by atoms with Crippen LogP contribution in [-0.2, 0) is 0 Å². The van der Waals surface area contributed by atoms with Crippen molar-refractivity contribution in [1.82, 2.24) is 0 Å². The Labute approximate surface area is 187 Å². The first kappa shape index (κ1) is 21.6. The van der Waals surface area contributed by atoms with Crippen molar-refractivity contribution in [1.29, 1.82) is 0 Å². The Morgan fingerprint density at radius 3 is 1.46 bits per heavy atom. The quantitative estimate of drug-likeness (QED) is 0.0953. The number of halogens is 2. The molecular weight excluding hydrogens is 494 g/mol. The molecule has 0 aliphatic carbocycles. The Bertz CT molecular complexity index is 779. The Kier molecular flexibility index (Phi) is 7.74. The van der Waals surface area contributed by atoms with Gasteiger partial charge in [-0.05, 0) is 0 Å². The third-order valence-electron chi connectivity index (χ3n) is 5.25. The number of alkyl halides is 1. The van der Waals surface area contributed by atoms with Crippen molar-refractivity contribution in [3.8, 4) is 0 Å². The predicted octanol–water partition coefficient (Wildman–Crippen LogP) is 6.83. The zero-order chi connectivity index (χ0) is 19.7. The van der Waals surface area contributed by atoms with E-state index < -0.39 is 5.96 Å². The molecule has 28 heavy (non-hydrogen) atoms. The molecule has 3 aromatic rings. The number of rotatable bonds is 9. The van der Waals surface area contributed by atoms with Crippen LogP contribution in [0.25, 0.3) is 0 Å². The minimum absolute atomic E-state index is 0.829. The van der Waals surface area contributed by atoms with E-state index in [1.807, 2.05) is 0 Å². The van der Waals surface area contributed by atoms with Gasteiger partial charge in [-0.1, -0.05) is 0 Å². The first-order valence-electron chi connectivity index (χ1n) is 9.81. The van der Waals surface area contributed by atoms with Crippen molar-refractivity contribution in [3.63, 3.8) is 0 Å². The molecule has 0 radical (unpaired) electrons.